The Kier molecular flexibility index (Phi) is 5.26. The maximum atomic E-state index is 5.26. The van der Waals surface area contributed by atoms with Crippen LogP contribution in [0, 0.1) is 11.8 Å². The third-order valence-corrected chi connectivity index (χ3v) is 4.44. The molecule has 0 saturated heterocycles. The van der Waals surface area contributed by atoms with Crippen molar-refractivity contribution in [3.63, 3.8) is 0 Å². The van der Waals surface area contributed by atoms with Crippen LogP contribution >= 0.6 is 0 Å². The predicted octanol–water partition coefficient (Wildman–Crippen LogP) is 4.00. The van der Waals surface area contributed by atoms with Gasteiger partial charge in [-0.3, -0.25) is 0 Å². The quantitative estimate of drug-likeness (QED) is 0.865. The average Bonchev–Trinajstić information content (AvgIpc) is 2.46. The molecule has 2 nitrogen and oxygen atoms in total. The van der Waals surface area contributed by atoms with Crippen molar-refractivity contribution in [3.8, 4) is 5.75 Å². The smallest absolute Gasteiger partial charge is 0.119 e. The molecule has 2 rings (SSSR count). The number of rotatable bonds is 5. The van der Waals surface area contributed by atoms with E-state index in [9.17, 15) is 0 Å². The van der Waals surface area contributed by atoms with Crippen LogP contribution in [0.1, 0.15) is 45.1 Å². The summed E-state index contributed by atoms with van der Waals surface area (Å²) in [6.07, 6.45) is 5.42. The van der Waals surface area contributed by atoms with E-state index in [1.165, 1.54) is 31.2 Å². The van der Waals surface area contributed by atoms with Gasteiger partial charge in [0, 0.05) is 12.6 Å². The second-order valence-corrected chi connectivity index (χ2v) is 6.09. The second kappa shape index (κ2) is 6.95. The first-order chi connectivity index (χ1) is 9.19. The monoisotopic (exact) mass is 261 g/mol. The highest BCUT2D eigenvalue weighted by Crippen LogP contribution is 2.30. The van der Waals surface area contributed by atoms with Crippen molar-refractivity contribution in [2.75, 3.05) is 7.11 Å². The Bertz CT molecular complexity index is 381. The molecular weight excluding hydrogens is 234 g/mol. The summed E-state index contributed by atoms with van der Waals surface area (Å²) < 4.78 is 5.26. The lowest BCUT2D eigenvalue weighted by molar-refractivity contribution is 0.238. The van der Waals surface area contributed by atoms with Crippen LogP contribution in [-0.4, -0.2) is 13.2 Å². The molecule has 1 N–H and O–H groups in total. The molecule has 0 aliphatic heterocycles. The predicted molar refractivity (Wildman–Crippen MR) is 80.4 cm³/mol. The molecule has 1 aliphatic rings. The lowest BCUT2D eigenvalue weighted by atomic mass is 9.80. The van der Waals surface area contributed by atoms with Gasteiger partial charge < -0.3 is 10.1 Å². The van der Waals surface area contributed by atoms with E-state index in [1.807, 2.05) is 6.07 Å². The second-order valence-electron chi connectivity index (χ2n) is 6.09. The summed E-state index contributed by atoms with van der Waals surface area (Å²) in [4.78, 5) is 0. The first kappa shape index (κ1) is 14.4. The topological polar surface area (TPSA) is 21.3 Å². The number of hydrogen-bond acceptors (Lipinski definition) is 2. The number of methoxy groups -OCH3 is 1. The molecular formula is C17H27NO. The highest BCUT2D eigenvalue weighted by atomic mass is 16.5. The van der Waals surface area contributed by atoms with Crippen LogP contribution in [0.5, 0.6) is 5.75 Å². The fraction of sp³-hybridized carbons (Fsp3) is 0.647. The summed E-state index contributed by atoms with van der Waals surface area (Å²) >= 11 is 0. The molecule has 0 aromatic heterocycles. The molecule has 0 unspecified atom stereocenters. The molecule has 1 aromatic carbocycles. The van der Waals surface area contributed by atoms with E-state index in [2.05, 4.69) is 37.4 Å². The Labute approximate surface area is 117 Å². The van der Waals surface area contributed by atoms with Crippen LogP contribution < -0.4 is 10.1 Å². The highest BCUT2D eigenvalue weighted by Gasteiger charge is 2.22. The van der Waals surface area contributed by atoms with E-state index in [-0.39, 0.29) is 0 Å². The molecule has 0 heterocycles. The summed E-state index contributed by atoms with van der Waals surface area (Å²) in [5.41, 5.74) is 1.31. The van der Waals surface area contributed by atoms with Crippen molar-refractivity contribution in [1.29, 1.82) is 0 Å². The normalized spacial score (nSPS) is 23.6. The molecule has 0 atom stereocenters. The van der Waals surface area contributed by atoms with Gasteiger partial charge in [0.15, 0.2) is 0 Å². The zero-order valence-corrected chi connectivity index (χ0v) is 12.5. The van der Waals surface area contributed by atoms with Gasteiger partial charge in [-0.15, -0.1) is 0 Å². The van der Waals surface area contributed by atoms with Crippen molar-refractivity contribution in [2.45, 2.75) is 52.1 Å². The van der Waals surface area contributed by atoms with E-state index < -0.39 is 0 Å². The first-order valence-electron chi connectivity index (χ1n) is 7.55. The van der Waals surface area contributed by atoms with Crippen LogP contribution in [0.3, 0.4) is 0 Å². The molecule has 1 saturated carbocycles. The standard InChI is InChI=1S/C17H27NO/c1-13(2)15-7-9-16(10-8-15)18-12-14-5-4-6-17(11-14)19-3/h4-6,11,13,15-16,18H,7-10,12H2,1-3H3. The molecule has 1 fully saturated rings. The van der Waals surface area contributed by atoms with E-state index in [0.717, 1.165) is 24.1 Å². The summed E-state index contributed by atoms with van der Waals surface area (Å²) in [7, 11) is 1.72. The minimum absolute atomic E-state index is 0.696. The fourth-order valence-corrected chi connectivity index (χ4v) is 3.03. The van der Waals surface area contributed by atoms with Crippen LogP contribution in [0.25, 0.3) is 0 Å². The van der Waals surface area contributed by atoms with Crippen molar-refractivity contribution in [2.24, 2.45) is 11.8 Å². The summed E-state index contributed by atoms with van der Waals surface area (Å²) in [6.45, 7) is 5.66. The molecule has 106 valence electrons. The van der Waals surface area contributed by atoms with Crippen LogP contribution in [-0.2, 0) is 6.54 Å². The van der Waals surface area contributed by atoms with Gasteiger partial charge in [0.2, 0.25) is 0 Å². The first-order valence-corrected chi connectivity index (χ1v) is 7.55. The maximum Gasteiger partial charge on any atom is 0.119 e. The van der Waals surface area contributed by atoms with Gasteiger partial charge in [-0.05, 0) is 55.2 Å². The number of nitrogens with one attached hydrogen (secondary N) is 1. The number of hydrogen-bond donors (Lipinski definition) is 1. The van der Waals surface area contributed by atoms with Gasteiger partial charge >= 0.3 is 0 Å². The highest BCUT2D eigenvalue weighted by molar-refractivity contribution is 5.28. The zero-order chi connectivity index (χ0) is 13.7. The maximum absolute atomic E-state index is 5.26. The third kappa shape index (κ3) is 4.24. The molecule has 1 aromatic rings. The molecule has 0 amide bonds. The number of benzene rings is 1. The van der Waals surface area contributed by atoms with Crippen molar-refractivity contribution in [1.82, 2.24) is 5.32 Å². The van der Waals surface area contributed by atoms with Crippen LogP contribution in [0.2, 0.25) is 0 Å². The van der Waals surface area contributed by atoms with E-state index in [1.54, 1.807) is 7.11 Å². The Morgan fingerprint density at radius 3 is 2.58 bits per heavy atom. The van der Waals surface area contributed by atoms with Crippen molar-refractivity contribution in [3.05, 3.63) is 29.8 Å². The Balaban J connectivity index is 1.77. The summed E-state index contributed by atoms with van der Waals surface area (Å²) in [6, 6.07) is 9.03. The Hall–Kier alpha value is -1.02. The van der Waals surface area contributed by atoms with Crippen molar-refractivity contribution < 1.29 is 4.74 Å². The molecule has 1 aliphatic carbocycles. The minimum atomic E-state index is 0.696. The molecule has 2 heteroatoms. The van der Waals surface area contributed by atoms with Gasteiger partial charge in [0.25, 0.3) is 0 Å². The SMILES string of the molecule is COc1cccc(CNC2CCC(C(C)C)CC2)c1. The molecule has 0 bridgehead atoms. The lowest BCUT2D eigenvalue weighted by Crippen LogP contribution is -2.33. The fourth-order valence-electron chi connectivity index (χ4n) is 3.03. The van der Waals surface area contributed by atoms with Crippen LogP contribution in [0.15, 0.2) is 24.3 Å². The van der Waals surface area contributed by atoms with Gasteiger partial charge in [0.1, 0.15) is 5.75 Å². The van der Waals surface area contributed by atoms with Crippen molar-refractivity contribution >= 4 is 0 Å². The van der Waals surface area contributed by atoms with Crippen LogP contribution in [0.4, 0.5) is 0 Å². The molecule has 0 radical (unpaired) electrons. The largest absolute Gasteiger partial charge is 0.497 e. The Morgan fingerprint density at radius 1 is 1.21 bits per heavy atom. The van der Waals surface area contributed by atoms with Gasteiger partial charge in [-0.2, -0.15) is 0 Å². The average molecular weight is 261 g/mol. The van der Waals surface area contributed by atoms with E-state index in [4.69, 9.17) is 4.74 Å². The van der Waals surface area contributed by atoms with Gasteiger partial charge in [-0.25, -0.2) is 0 Å². The third-order valence-electron chi connectivity index (χ3n) is 4.44. The Morgan fingerprint density at radius 2 is 1.95 bits per heavy atom. The van der Waals surface area contributed by atoms with E-state index in [0.29, 0.717) is 6.04 Å². The molecule has 0 spiro atoms. The van der Waals surface area contributed by atoms with E-state index >= 15 is 0 Å². The molecule has 19 heavy (non-hydrogen) atoms. The van der Waals surface area contributed by atoms with Gasteiger partial charge in [-0.1, -0.05) is 26.0 Å². The zero-order valence-electron chi connectivity index (χ0n) is 12.5. The summed E-state index contributed by atoms with van der Waals surface area (Å²) in [5, 5.41) is 3.69. The minimum Gasteiger partial charge on any atom is -0.497 e. The summed E-state index contributed by atoms with van der Waals surface area (Å²) in [5.74, 6) is 2.73. The van der Waals surface area contributed by atoms with Gasteiger partial charge in [0.05, 0.1) is 7.11 Å². The number of ether oxygens (including phenoxy) is 1. The lowest BCUT2D eigenvalue weighted by Gasteiger charge is -2.31.